The van der Waals surface area contributed by atoms with Gasteiger partial charge in [-0.3, -0.25) is 4.79 Å². The number of rotatable bonds is 3. The van der Waals surface area contributed by atoms with Crippen LogP contribution in [-0.2, 0) is 10.2 Å². The summed E-state index contributed by atoms with van der Waals surface area (Å²) < 4.78 is 0. The van der Waals surface area contributed by atoms with Crippen LogP contribution in [0.4, 0.5) is 5.69 Å². The van der Waals surface area contributed by atoms with Crippen LogP contribution in [0.1, 0.15) is 31.7 Å². The second-order valence-electron chi connectivity index (χ2n) is 4.55. The molecular formula is C13H17NO2. The minimum atomic E-state index is -0.0659. The van der Waals surface area contributed by atoms with Gasteiger partial charge in [-0.2, -0.15) is 0 Å². The molecule has 2 rings (SSSR count). The van der Waals surface area contributed by atoms with Crippen LogP contribution >= 0.6 is 0 Å². The molecule has 1 amide bonds. The SMILES string of the molecule is CC(=O)Nc1cccc(C2(CO)CCC2)c1. The van der Waals surface area contributed by atoms with Gasteiger partial charge < -0.3 is 10.4 Å². The second kappa shape index (κ2) is 4.26. The normalized spacial score (nSPS) is 17.6. The van der Waals surface area contributed by atoms with Gasteiger partial charge in [-0.05, 0) is 30.5 Å². The lowest BCUT2D eigenvalue weighted by Gasteiger charge is -2.41. The Balaban J connectivity index is 2.24. The van der Waals surface area contributed by atoms with Gasteiger partial charge in [0.05, 0.1) is 6.61 Å². The number of hydrogen-bond donors (Lipinski definition) is 2. The fourth-order valence-corrected chi connectivity index (χ4v) is 2.27. The standard InChI is InChI=1S/C13H17NO2/c1-10(16)14-12-5-2-4-11(8-12)13(9-15)6-3-7-13/h2,4-5,8,15H,3,6-7,9H2,1H3,(H,14,16). The predicted octanol–water partition coefficient (Wildman–Crippen LogP) is 2.06. The van der Waals surface area contributed by atoms with E-state index in [-0.39, 0.29) is 17.9 Å². The van der Waals surface area contributed by atoms with E-state index in [4.69, 9.17) is 0 Å². The number of anilines is 1. The van der Waals surface area contributed by atoms with Crippen LogP contribution in [0.25, 0.3) is 0 Å². The maximum Gasteiger partial charge on any atom is 0.221 e. The van der Waals surface area contributed by atoms with E-state index in [0.717, 1.165) is 24.1 Å². The van der Waals surface area contributed by atoms with Crippen molar-refractivity contribution in [3.63, 3.8) is 0 Å². The van der Waals surface area contributed by atoms with E-state index in [9.17, 15) is 9.90 Å². The Hall–Kier alpha value is -1.35. The minimum absolute atomic E-state index is 0.0610. The lowest BCUT2D eigenvalue weighted by atomic mass is 9.65. The summed E-state index contributed by atoms with van der Waals surface area (Å²) in [6, 6.07) is 7.79. The predicted molar refractivity (Wildman–Crippen MR) is 63.4 cm³/mol. The zero-order valence-electron chi connectivity index (χ0n) is 9.49. The van der Waals surface area contributed by atoms with E-state index < -0.39 is 0 Å². The molecule has 1 aliphatic carbocycles. The van der Waals surface area contributed by atoms with Crippen molar-refractivity contribution in [2.45, 2.75) is 31.6 Å². The molecule has 1 aliphatic rings. The highest BCUT2D eigenvalue weighted by Crippen LogP contribution is 2.43. The van der Waals surface area contributed by atoms with E-state index in [0.29, 0.717) is 0 Å². The summed E-state index contributed by atoms with van der Waals surface area (Å²) in [4.78, 5) is 11.0. The molecular weight excluding hydrogens is 202 g/mol. The molecule has 2 N–H and O–H groups in total. The molecule has 0 radical (unpaired) electrons. The number of hydrogen-bond acceptors (Lipinski definition) is 2. The highest BCUT2D eigenvalue weighted by Gasteiger charge is 2.37. The molecule has 1 aromatic rings. The van der Waals surface area contributed by atoms with Crippen molar-refractivity contribution in [3.8, 4) is 0 Å². The van der Waals surface area contributed by atoms with E-state index in [1.165, 1.54) is 13.3 Å². The average molecular weight is 219 g/mol. The van der Waals surface area contributed by atoms with Gasteiger partial charge in [0, 0.05) is 18.0 Å². The van der Waals surface area contributed by atoms with Crippen LogP contribution in [0.5, 0.6) is 0 Å². The molecule has 0 spiro atoms. The summed E-state index contributed by atoms with van der Waals surface area (Å²) in [7, 11) is 0. The van der Waals surface area contributed by atoms with Gasteiger partial charge in [0.1, 0.15) is 0 Å². The summed E-state index contributed by atoms with van der Waals surface area (Å²) in [6.45, 7) is 1.69. The fourth-order valence-electron chi connectivity index (χ4n) is 2.27. The molecule has 0 atom stereocenters. The molecule has 1 fully saturated rings. The van der Waals surface area contributed by atoms with E-state index in [1.54, 1.807) is 0 Å². The van der Waals surface area contributed by atoms with Crippen LogP contribution in [-0.4, -0.2) is 17.6 Å². The molecule has 0 unspecified atom stereocenters. The van der Waals surface area contributed by atoms with Crippen LogP contribution in [0, 0.1) is 0 Å². The van der Waals surface area contributed by atoms with Gasteiger partial charge in [0.25, 0.3) is 0 Å². The zero-order valence-corrected chi connectivity index (χ0v) is 9.49. The Morgan fingerprint density at radius 1 is 1.50 bits per heavy atom. The highest BCUT2D eigenvalue weighted by atomic mass is 16.3. The van der Waals surface area contributed by atoms with E-state index >= 15 is 0 Å². The number of nitrogens with one attached hydrogen (secondary N) is 1. The minimum Gasteiger partial charge on any atom is -0.395 e. The van der Waals surface area contributed by atoms with Crippen LogP contribution < -0.4 is 5.32 Å². The maximum absolute atomic E-state index is 11.0. The molecule has 0 aromatic heterocycles. The van der Waals surface area contributed by atoms with Crippen molar-refractivity contribution in [2.24, 2.45) is 0 Å². The lowest BCUT2D eigenvalue weighted by Crippen LogP contribution is -2.37. The van der Waals surface area contributed by atoms with Crippen molar-refractivity contribution in [1.29, 1.82) is 0 Å². The maximum atomic E-state index is 11.0. The highest BCUT2D eigenvalue weighted by molar-refractivity contribution is 5.88. The molecule has 0 saturated heterocycles. The zero-order chi connectivity index (χ0) is 11.6. The Kier molecular flexibility index (Phi) is 2.97. The van der Waals surface area contributed by atoms with Gasteiger partial charge in [-0.1, -0.05) is 18.6 Å². The van der Waals surface area contributed by atoms with E-state index in [1.807, 2.05) is 24.3 Å². The Morgan fingerprint density at radius 2 is 2.25 bits per heavy atom. The fraction of sp³-hybridized carbons (Fsp3) is 0.462. The van der Waals surface area contributed by atoms with Gasteiger partial charge in [0.15, 0.2) is 0 Å². The third-order valence-corrected chi connectivity index (χ3v) is 3.41. The van der Waals surface area contributed by atoms with Gasteiger partial charge in [-0.15, -0.1) is 0 Å². The topological polar surface area (TPSA) is 49.3 Å². The molecule has 3 heteroatoms. The molecule has 16 heavy (non-hydrogen) atoms. The van der Waals surface area contributed by atoms with Crippen LogP contribution in [0.15, 0.2) is 24.3 Å². The Bertz CT molecular complexity index is 391. The summed E-state index contributed by atoms with van der Waals surface area (Å²) in [5, 5.41) is 12.2. The molecule has 3 nitrogen and oxygen atoms in total. The Labute approximate surface area is 95.5 Å². The summed E-state index contributed by atoms with van der Waals surface area (Å²) in [5.41, 5.74) is 1.88. The average Bonchev–Trinajstić information content (AvgIpc) is 2.16. The number of amides is 1. The largest absolute Gasteiger partial charge is 0.395 e. The molecule has 1 aromatic carbocycles. The quantitative estimate of drug-likeness (QED) is 0.817. The van der Waals surface area contributed by atoms with Crippen LogP contribution in [0.2, 0.25) is 0 Å². The number of aliphatic hydroxyl groups excluding tert-OH is 1. The monoisotopic (exact) mass is 219 g/mol. The first-order valence-electron chi connectivity index (χ1n) is 5.65. The molecule has 1 saturated carbocycles. The molecule has 0 aliphatic heterocycles. The third-order valence-electron chi connectivity index (χ3n) is 3.41. The summed E-state index contributed by atoms with van der Waals surface area (Å²) in [5.74, 6) is -0.0659. The molecule has 86 valence electrons. The summed E-state index contributed by atoms with van der Waals surface area (Å²) in [6.07, 6.45) is 3.24. The lowest BCUT2D eigenvalue weighted by molar-refractivity contribution is -0.114. The Morgan fingerprint density at radius 3 is 2.75 bits per heavy atom. The first-order valence-corrected chi connectivity index (χ1v) is 5.65. The van der Waals surface area contributed by atoms with Gasteiger partial charge >= 0.3 is 0 Å². The second-order valence-corrected chi connectivity index (χ2v) is 4.55. The molecule has 0 bridgehead atoms. The number of carbonyl (C=O) groups excluding carboxylic acids is 1. The summed E-state index contributed by atoms with van der Waals surface area (Å²) >= 11 is 0. The molecule has 0 heterocycles. The number of aliphatic hydroxyl groups is 1. The van der Waals surface area contributed by atoms with Crippen molar-refractivity contribution in [3.05, 3.63) is 29.8 Å². The number of carbonyl (C=O) groups is 1. The van der Waals surface area contributed by atoms with Crippen molar-refractivity contribution >= 4 is 11.6 Å². The first-order chi connectivity index (χ1) is 7.66. The van der Waals surface area contributed by atoms with Gasteiger partial charge in [-0.25, -0.2) is 0 Å². The van der Waals surface area contributed by atoms with E-state index in [2.05, 4.69) is 5.32 Å². The van der Waals surface area contributed by atoms with Crippen molar-refractivity contribution in [2.75, 3.05) is 11.9 Å². The third kappa shape index (κ3) is 1.95. The van der Waals surface area contributed by atoms with Crippen molar-refractivity contribution < 1.29 is 9.90 Å². The van der Waals surface area contributed by atoms with Gasteiger partial charge in [0.2, 0.25) is 5.91 Å². The number of benzene rings is 1. The first kappa shape index (κ1) is 11.1. The van der Waals surface area contributed by atoms with Crippen molar-refractivity contribution in [1.82, 2.24) is 0 Å². The smallest absolute Gasteiger partial charge is 0.221 e. The van der Waals surface area contributed by atoms with Crippen LogP contribution in [0.3, 0.4) is 0 Å².